The van der Waals surface area contributed by atoms with E-state index in [9.17, 15) is 0 Å². The van der Waals surface area contributed by atoms with E-state index in [2.05, 4.69) is 59.2 Å². The number of nitrogens with zero attached hydrogens (tertiary/aromatic N) is 4. The van der Waals surface area contributed by atoms with Crippen LogP contribution in [0.4, 0.5) is 5.82 Å². The molecule has 0 bridgehead atoms. The van der Waals surface area contributed by atoms with Crippen LogP contribution in [-0.2, 0) is 6.54 Å². The van der Waals surface area contributed by atoms with Gasteiger partial charge < -0.3 is 5.32 Å². The van der Waals surface area contributed by atoms with Crippen LogP contribution in [-0.4, -0.2) is 19.9 Å². The van der Waals surface area contributed by atoms with E-state index in [1.165, 1.54) is 11.1 Å². The van der Waals surface area contributed by atoms with Gasteiger partial charge in [-0.2, -0.15) is 0 Å². The van der Waals surface area contributed by atoms with Gasteiger partial charge in [0.2, 0.25) is 0 Å². The number of hydrogen-bond acceptors (Lipinski definition) is 5. The topological polar surface area (TPSA) is 63.6 Å². The van der Waals surface area contributed by atoms with Crippen molar-refractivity contribution in [1.29, 1.82) is 0 Å². The molecule has 2 aliphatic carbocycles. The lowest BCUT2D eigenvalue weighted by molar-refractivity contribution is 0.940. The third-order valence-corrected chi connectivity index (χ3v) is 6.52. The lowest BCUT2D eigenvalue weighted by Crippen LogP contribution is -2.37. The zero-order valence-corrected chi connectivity index (χ0v) is 20.7. The molecule has 0 radical (unpaired) electrons. The molecule has 5 heteroatoms. The molecule has 0 aliphatic heterocycles. The van der Waals surface area contributed by atoms with Crippen molar-refractivity contribution >= 4 is 23.5 Å². The van der Waals surface area contributed by atoms with E-state index in [0.29, 0.717) is 12.4 Å². The van der Waals surface area contributed by atoms with E-state index in [-0.39, 0.29) is 0 Å². The van der Waals surface area contributed by atoms with Crippen LogP contribution in [0.5, 0.6) is 0 Å². The third-order valence-electron chi connectivity index (χ3n) is 6.52. The molecule has 3 aromatic rings. The zero-order valence-electron chi connectivity index (χ0n) is 20.7. The van der Waals surface area contributed by atoms with Gasteiger partial charge in [-0.25, -0.2) is 9.97 Å². The Bertz CT molecular complexity index is 1480. The van der Waals surface area contributed by atoms with E-state index in [1.807, 2.05) is 48.9 Å². The summed E-state index contributed by atoms with van der Waals surface area (Å²) >= 11 is 0. The molecule has 0 aromatic carbocycles. The number of fused-ring (bicyclic) bond motifs is 1. The number of hydrogen-bond donors (Lipinski definition) is 1. The summed E-state index contributed by atoms with van der Waals surface area (Å²) in [4.78, 5) is 19.0. The van der Waals surface area contributed by atoms with Gasteiger partial charge in [0.25, 0.3) is 0 Å². The molecule has 0 atom stereocenters. The zero-order chi connectivity index (χ0) is 24.7. The summed E-state index contributed by atoms with van der Waals surface area (Å²) in [6, 6.07) is 8.05. The maximum atomic E-state index is 5.05. The predicted octanol–water partition coefficient (Wildman–Crippen LogP) is 5.53. The second-order valence-electron chi connectivity index (χ2n) is 9.06. The van der Waals surface area contributed by atoms with Gasteiger partial charge in [0.15, 0.2) is 5.82 Å². The van der Waals surface area contributed by atoms with Crippen molar-refractivity contribution in [3.05, 3.63) is 107 Å². The monoisotopic (exact) mass is 473 g/mol. The molecule has 2 aliphatic rings. The van der Waals surface area contributed by atoms with Gasteiger partial charge in [0.05, 0.1) is 17.6 Å². The standard InChI is InChI=1S/C31H31N5/c1-3-22(2)15-16-23-18-25(20-32-19-23)30-35-28-14-9-13-27(24-10-5-4-6-11-24)29(28)31(36-30)34-21-26-12-7-8-17-33-26/h4-5,7-8,10,12,14-20H,2-3,6,9,11,13,21H2,1H3,(H,34,35,36)/b16-15+. The third kappa shape index (κ3) is 5.41. The fourth-order valence-electron chi connectivity index (χ4n) is 4.51. The number of aromatic nitrogens is 4. The number of rotatable bonds is 8. The first-order chi connectivity index (χ1) is 17.7. The van der Waals surface area contributed by atoms with Crippen molar-refractivity contribution in [2.45, 2.75) is 45.6 Å². The van der Waals surface area contributed by atoms with Gasteiger partial charge in [-0.15, -0.1) is 0 Å². The van der Waals surface area contributed by atoms with Crippen molar-refractivity contribution in [2.24, 2.45) is 0 Å². The van der Waals surface area contributed by atoms with Crippen LogP contribution in [0.3, 0.4) is 0 Å². The Labute approximate surface area is 212 Å². The van der Waals surface area contributed by atoms with Crippen molar-refractivity contribution in [1.82, 2.24) is 19.9 Å². The summed E-state index contributed by atoms with van der Waals surface area (Å²) in [7, 11) is 0. The first kappa shape index (κ1) is 23.6. The van der Waals surface area contributed by atoms with Gasteiger partial charge in [0, 0.05) is 29.4 Å². The van der Waals surface area contributed by atoms with Crippen molar-refractivity contribution in [2.75, 3.05) is 5.32 Å². The van der Waals surface area contributed by atoms with Crippen LogP contribution in [0, 0.1) is 0 Å². The van der Waals surface area contributed by atoms with Gasteiger partial charge in [-0.05, 0) is 67.0 Å². The highest BCUT2D eigenvalue weighted by Gasteiger charge is 2.17. The van der Waals surface area contributed by atoms with E-state index >= 15 is 0 Å². The number of allylic oxidation sites excluding steroid dienone is 6. The maximum absolute atomic E-state index is 5.05. The minimum absolute atomic E-state index is 0.593. The lowest BCUT2D eigenvalue weighted by atomic mass is 9.90. The van der Waals surface area contributed by atoms with Crippen LogP contribution in [0.15, 0.2) is 84.9 Å². The Balaban J connectivity index is 1.62. The van der Waals surface area contributed by atoms with Gasteiger partial charge in [-0.1, -0.05) is 61.6 Å². The molecular weight excluding hydrogens is 442 g/mol. The first-order valence-electron chi connectivity index (χ1n) is 12.6. The largest absolute Gasteiger partial charge is 0.364 e. The first-order valence-corrected chi connectivity index (χ1v) is 12.6. The maximum Gasteiger partial charge on any atom is 0.163 e. The van der Waals surface area contributed by atoms with Crippen molar-refractivity contribution in [3.63, 3.8) is 0 Å². The molecule has 1 N–H and O–H groups in total. The van der Waals surface area contributed by atoms with Crippen LogP contribution in [0.2, 0.25) is 0 Å². The minimum atomic E-state index is 0.593. The second kappa shape index (κ2) is 11.1. The van der Waals surface area contributed by atoms with Gasteiger partial charge >= 0.3 is 0 Å². The Morgan fingerprint density at radius 2 is 2.08 bits per heavy atom. The van der Waals surface area contributed by atoms with Crippen LogP contribution in [0.25, 0.3) is 29.1 Å². The molecular formula is C31H31N5. The fraction of sp³-hybridized carbons (Fsp3) is 0.226. The normalized spacial score (nSPS) is 14.8. The molecule has 0 saturated carbocycles. The molecule has 0 amide bonds. The summed E-state index contributed by atoms with van der Waals surface area (Å²) in [5.74, 6) is 1.52. The van der Waals surface area contributed by atoms with Gasteiger partial charge in [0.1, 0.15) is 5.82 Å². The average Bonchev–Trinajstić information content (AvgIpc) is 2.95. The summed E-state index contributed by atoms with van der Waals surface area (Å²) < 4.78 is 0. The molecule has 3 aromatic heterocycles. The number of nitrogens with one attached hydrogen (secondary N) is 1. The summed E-state index contributed by atoms with van der Waals surface area (Å²) in [5, 5.41) is 5.69. The Morgan fingerprint density at radius 1 is 1.14 bits per heavy atom. The molecule has 0 saturated heterocycles. The van der Waals surface area contributed by atoms with Crippen molar-refractivity contribution in [3.8, 4) is 11.4 Å². The van der Waals surface area contributed by atoms with Crippen LogP contribution < -0.4 is 15.9 Å². The van der Waals surface area contributed by atoms with Crippen LogP contribution >= 0.6 is 0 Å². The highest BCUT2D eigenvalue weighted by atomic mass is 15.0. The molecule has 3 heterocycles. The SMILES string of the molecule is C=C(/C=C/c1cncc(-c2nc(NCc3ccccn3)c3c(n2)=CCCC=3C2=CC=CCC2)c1)CC. The Kier molecular flexibility index (Phi) is 7.27. The predicted molar refractivity (Wildman–Crippen MR) is 148 cm³/mol. The quantitative estimate of drug-likeness (QED) is 0.436. The Morgan fingerprint density at radius 3 is 2.89 bits per heavy atom. The molecule has 5 nitrogen and oxygen atoms in total. The van der Waals surface area contributed by atoms with E-state index in [0.717, 1.165) is 70.9 Å². The van der Waals surface area contributed by atoms with E-state index in [4.69, 9.17) is 9.97 Å². The molecule has 5 rings (SSSR count). The lowest BCUT2D eigenvalue weighted by Gasteiger charge is -2.19. The average molecular weight is 474 g/mol. The van der Waals surface area contributed by atoms with Crippen LogP contribution in [0.1, 0.15) is 50.3 Å². The van der Waals surface area contributed by atoms with E-state index in [1.54, 1.807) is 0 Å². The molecule has 0 unspecified atom stereocenters. The van der Waals surface area contributed by atoms with E-state index < -0.39 is 0 Å². The number of anilines is 1. The summed E-state index contributed by atoms with van der Waals surface area (Å²) in [6.45, 7) is 6.75. The molecule has 0 fully saturated rings. The molecule has 0 spiro atoms. The van der Waals surface area contributed by atoms with Crippen molar-refractivity contribution < 1.29 is 0 Å². The molecule has 180 valence electrons. The summed E-state index contributed by atoms with van der Waals surface area (Å²) in [5.41, 5.74) is 6.67. The smallest absolute Gasteiger partial charge is 0.163 e. The fourth-order valence-corrected chi connectivity index (χ4v) is 4.51. The molecule has 36 heavy (non-hydrogen) atoms. The minimum Gasteiger partial charge on any atom is -0.364 e. The second-order valence-corrected chi connectivity index (χ2v) is 9.06. The summed E-state index contributed by atoms with van der Waals surface area (Å²) in [6.07, 6.45) is 23.5. The van der Waals surface area contributed by atoms with Gasteiger partial charge in [-0.3, -0.25) is 9.97 Å². The number of pyridine rings is 2. The highest BCUT2D eigenvalue weighted by molar-refractivity contribution is 5.72. The highest BCUT2D eigenvalue weighted by Crippen LogP contribution is 2.26. The Hall–Kier alpha value is -4.12.